The van der Waals surface area contributed by atoms with E-state index in [-0.39, 0.29) is 24.0 Å². The largest absolute Gasteiger partial charge is 0.347 e. The van der Waals surface area contributed by atoms with Crippen LogP contribution in [0, 0.1) is 5.82 Å². The molecule has 1 heterocycles. The maximum absolute atomic E-state index is 12.9. The van der Waals surface area contributed by atoms with E-state index >= 15 is 0 Å². The predicted molar refractivity (Wildman–Crippen MR) is 99.3 cm³/mol. The SMILES string of the molecule is O=C(NCc1ccc(F)cc1)c1cnc(Nc2cccc(Cl)c2Cl)cn1. The van der Waals surface area contributed by atoms with Gasteiger partial charge in [0, 0.05) is 6.54 Å². The summed E-state index contributed by atoms with van der Waals surface area (Å²) in [6.45, 7) is 0.263. The first-order chi connectivity index (χ1) is 12.5. The average molecular weight is 391 g/mol. The summed E-state index contributed by atoms with van der Waals surface area (Å²) >= 11 is 12.1. The number of nitrogens with zero attached hydrogens (tertiary/aromatic N) is 2. The van der Waals surface area contributed by atoms with Crippen LogP contribution in [-0.4, -0.2) is 15.9 Å². The normalized spacial score (nSPS) is 10.4. The first-order valence-corrected chi connectivity index (χ1v) is 8.34. The monoisotopic (exact) mass is 390 g/mol. The van der Waals surface area contributed by atoms with Gasteiger partial charge in [0.25, 0.3) is 5.91 Å². The molecule has 2 aromatic carbocycles. The molecular formula is C18H13Cl2FN4O. The van der Waals surface area contributed by atoms with Crippen LogP contribution < -0.4 is 10.6 Å². The van der Waals surface area contributed by atoms with Gasteiger partial charge in [-0.3, -0.25) is 4.79 Å². The zero-order valence-corrected chi connectivity index (χ0v) is 14.9. The van der Waals surface area contributed by atoms with Gasteiger partial charge < -0.3 is 10.6 Å². The number of aromatic nitrogens is 2. The minimum atomic E-state index is -0.380. The van der Waals surface area contributed by atoms with Gasteiger partial charge in [0.2, 0.25) is 0 Å². The first kappa shape index (κ1) is 18.1. The molecule has 1 amide bonds. The van der Waals surface area contributed by atoms with Crippen LogP contribution in [-0.2, 0) is 6.54 Å². The van der Waals surface area contributed by atoms with Crippen molar-refractivity contribution in [2.45, 2.75) is 6.54 Å². The van der Waals surface area contributed by atoms with Crippen LogP contribution >= 0.6 is 23.2 Å². The third kappa shape index (κ3) is 4.47. The molecule has 0 fully saturated rings. The Labute approximate surface area is 159 Å². The summed E-state index contributed by atoms with van der Waals surface area (Å²) < 4.78 is 12.9. The first-order valence-electron chi connectivity index (χ1n) is 7.58. The summed E-state index contributed by atoms with van der Waals surface area (Å²) in [4.78, 5) is 20.3. The lowest BCUT2D eigenvalue weighted by Gasteiger charge is -2.09. The molecule has 0 aliphatic rings. The van der Waals surface area contributed by atoms with Crippen LogP contribution in [0.1, 0.15) is 16.1 Å². The molecule has 3 rings (SSSR count). The molecule has 0 saturated carbocycles. The molecule has 132 valence electrons. The number of carbonyl (C=O) groups is 1. The average Bonchev–Trinajstić information content (AvgIpc) is 2.65. The van der Waals surface area contributed by atoms with E-state index in [1.54, 1.807) is 30.3 Å². The summed E-state index contributed by atoms with van der Waals surface area (Å²) in [6.07, 6.45) is 2.77. The molecule has 0 aliphatic carbocycles. The van der Waals surface area contributed by atoms with Crippen molar-refractivity contribution in [1.82, 2.24) is 15.3 Å². The van der Waals surface area contributed by atoms with Crippen molar-refractivity contribution in [2.24, 2.45) is 0 Å². The lowest BCUT2D eigenvalue weighted by Crippen LogP contribution is -2.24. The molecule has 0 spiro atoms. The number of amides is 1. The molecule has 0 aliphatic heterocycles. The molecule has 26 heavy (non-hydrogen) atoms. The number of anilines is 2. The second-order valence-corrected chi connectivity index (χ2v) is 6.11. The molecule has 5 nitrogen and oxygen atoms in total. The van der Waals surface area contributed by atoms with E-state index < -0.39 is 0 Å². The smallest absolute Gasteiger partial charge is 0.271 e. The number of carbonyl (C=O) groups excluding carboxylic acids is 1. The molecule has 0 saturated heterocycles. The highest BCUT2D eigenvalue weighted by Gasteiger charge is 2.09. The van der Waals surface area contributed by atoms with Gasteiger partial charge in [-0.2, -0.15) is 0 Å². The van der Waals surface area contributed by atoms with Crippen molar-refractivity contribution in [3.8, 4) is 0 Å². The Morgan fingerprint density at radius 1 is 1.04 bits per heavy atom. The summed E-state index contributed by atoms with van der Waals surface area (Å²) in [5.74, 6) is -0.285. The highest BCUT2D eigenvalue weighted by molar-refractivity contribution is 6.43. The van der Waals surface area contributed by atoms with Crippen molar-refractivity contribution in [2.75, 3.05) is 5.32 Å². The van der Waals surface area contributed by atoms with Gasteiger partial charge in [-0.1, -0.05) is 41.4 Å². The number of halogens is 3. The maximum Gasteiger partial charge on any atom is 0.271 e. The third-order valence-corrected chi connectivity index (χ3v) is 4.28. The summed E-state index contributed by atoms with van der Waals surface area (Å²) in [5.41, 5.74) is 1.53. The number of nitrogens with one attached hydrogen (secondary N) is 2. The molecule has 0 atom stereocenters. The lowest BCUT2D eigenvalue weighted by molar-refractivity contribution is 0.0945. The Hall–Kier alpha value is -2.70. The molecule has 8 heteroatoms. The molecule has 0 unspecified atom stereocenters. The van der Waals surface area contributed by atoms with Crippen LogP contribution in [0.2, 0.25) is 10.0 Å². The molecule has 0 bridgehead atoms. The Morgan fingerprint density at radius 3 is 2.50 bits per heavy atom. The zero-order valence-electron chi connectivity index (χ0n) is 13.3. The van der Waals surface area contributed by atoms with Crippen LogP contribution in [0.5, 0.6) is 0 Å². The second kappa shape index (κ2) is 8.12. The van der Waals surface area contributed by atoms with Gasteiger partial charge in [0.05, 0.1) is 28.1 Å². The van der Waals surface area contributed by atoms with Crippen molar-refractivity contribution < 1.29 is 9.18 Å². The van der Waals surface area contributed by atoms with Crippen molar-refractivity contribution in [3.63, 3.8) is 0 Å². The fraction of sp³-hybridized carbons (Fsp3) is 0.0556. The lowest BCUT2D eigenvalue weighted by atomic mass is 10.2. The van der Waals surface area contributed by atoms with Crippen LogP contribution in [0.4, 0.5) is 15.9 Å². The number of hydrogen-bond acceptors (Lipinski definition) is 4. The standard InChI is InChI=1S/C18H13Cl2FN4O/c19-13-2-1-3-14(17(13)20)25-16-10-22-15(9-23-16)18(26)24-8-11-4-6-12(21)7-5-11/h1-7,9-10H,8H2,(H,23,25)(H,24,26). The van der Waals surface area contributed by atoms with Gasteiger partial charge in [-0.05, 0) is 29.8 Å². The third-order valence-electron chi connectivity index (χ3n) is 3.47. The van der Waals surface area contributed by atoms with Gasteiger partial charge in [-0.15, -0.1) is 0 Å². The number of hydrogen-bond donors (Lipinski definition) is 2. The van der Waals surface area contributed by atoms with Crippen molar-refractivity contribution in [1.29, 1.82) is 0 Å². The minimum absolute atomic E-state index is 0.162. The van der Waals surface area contributed by atoms with Gasteiger partial charge in [-0.25, -0.2) is 14.4 Å². The maximum atomic E-state index is 12.9. The van der Waals surface area contributed by atoms with E-state index in [0.717, 1.165) is 5.56 Å². The number of benzene rings is 2. The summed E-state index contributed by atoms with van der Waals surface area (Å²) in [6, 6.07) is 11.0. The molecular weight excluding hydrogens is 378 g/mol. The predicted octanol–water partition coefficient (Wildman–Crippen LogP) is 4.60. The molecule has 1 aromatic heterocycles. The van der Waals surface area contributed by atoms with E-state index in [1.165, 1.54) is 24.5 Å². The van der Waals surface area contributed by atoms with E-state index in [0.29, 0.717) is 21.6 Å². The van der Waals surface area contributed by atoms with E-state index in [2.05, 4.69) is 20.6 Å². The second-order valence-electron chi connectivity index (χ2n) is 5.32. The molecule has 2 N–H and O–H groups in total. The zero-order chi connectivity index (χ0) is 18.5. The number of rotatable bonds is 5. The highest BCUT2D eigenvalue weighted by Crippen LogP contribution is 2.31. The Kier molecular flexibility index (Phi) is 5.65. The topological polar surface area (TPSA) is 66.9 Å². The molecule has 0 radical (unpaired) electrons. The van der Waals surface area contributed by atoms with Crippen LogP contribution in [0.25, 0.3) is 0 Å². The van der Waals surface area contributed by atoms with E-state index in [1.807, 2.05) is 0 Å². The van der Waals surface area contributed by atoms with Gasteiger partial charge >= 0.3 is 0 Å². The van der Waals surface area contributed by atoms with Gasteiger partial charge in [0.15, 0.2) is 0 Å². The highest BCUT2D eigenvalue weighted by atomic mass is 35.5. The summed E-state index contributed by atoms with van der Waals surface area (Å²) in [5, 5.41) is 6.47. The van der Waals surface area contributed by atoms with Crippen LogP contribution in [0.3, 0.4) is 0 Å². The van der Waals surface area contributed by atoms with Crippen molar-refractivity contribution >= 4 is 40.6 Å². The Morgan fingerprint density at radius 2 is 1.81 bits per heavy atom. The minimum Gasteiger partial charge on any atom is -0.347 e. The fourth-order valence-electron chi connectivity index (χ4n) is 2.12. The van der Waals surface area contributed by atoms with Crippen molar-refractivity contribution in [3.05, 3.63) is 82.0 Å². The Bertz CT molecular complexity index is 917. The van der Waals surface area contributed by atoms with E-state index in [9.17, 15) is 9.18 Å². The molecule has 3 aromatic rings. The van der Waals surface area contributed by atoms with E-state index in [4.69, 9.17) is 23.2 Å². The van der Waals surface area contributed by atoms with Crippen LogP contribution in [0.15, 0.2) is 54.9 Å². The fourth-order valence-corrected chi connectivity index (χ4v) is 2.47. The Balaban J connectivity index is 1.62. The van der Waals surface area contributed by atoms with Gasteiger partial charge in [0.1, 0.15) is 17.3 Å². The summed E-state index contributed by atoms with van der Waals surface area (Å²) in [7, 11) is 0. The quantitative estimate of drug-likeness (QED) is 0.668.